The largest absolute Gasteiger partial charge is 0.543 e. The van der Waals surface area contributed by atoms with E-state index in [1.54, 1.807) is 0 Å². The van der Waals surface area contributed by atoms with Crippen LogP contribution in [0.1, 0.15) is 34.6 Å². The van der Waals surface area contributed by atoms with Crippen molar-refractivity contribution in [2.24, 2.45) is 0 Å². The maximum atomic E-state index is 13.2. The Bertz CT molecular complexity index is 1370. The highest BCUT2D eigenvalue weighted by molar-refractivity contribution is 7.99. The molecule has 0 aliphatic rings. The number of para-hydroxylation sites is 1. The number of carbonyl (C=O) groups is 2. The summed E-state index contributed by atoms with van der Waals surface area (Å²) in [6.45, 7) is 13.2. The van der Waals surface area contributed by atoms with E-state index >= 15 is 0 Å². The molecule has 0 radical (unpaired) electrons. The van der Waals surface area contributed by atoms with Gasteiger partial charge in [0.2, 0.25) is 5.75 Å². The average Bonchev–Trinajstić information content (AvgIpc) is 2.73. The van der Waals surface area contributed by atoms with Crippen LogP contribution < -0.4 is 24.1 Å². The molecule has 0 amide bonds. The van der Waals surface area contributed by atoms with Gasteiger partial charge in [0, 0.05) is 26.0 Å². The molecule has 192 valence electrons. The summed E-state index contributed by atoms with van der Waals surface area (Å²) in [5.74, 6) is -0.872. The van der Waals surface area contributed by atoms with Crippen LogP contribution >= 0.6 is 11.8 Å². The number of esters is 2. The van der Waals surface area contributed by atoms with Crippen LogP contribution in [0.25, 0.3) is 11.0 Å². The lowest BCUT2D eigenvalue weighted by Crippen LogP contribution is -2.43. The normalized spacial score (nSPS) is 11.8. The Morgan fingerprint density at radius 2 is 1.58 bits per heavy atom. The van der Waals surface area contributed by atoms with Crippen LogP contribution in [0.2, 0.25) is 18.1 Å². The number of rotatable bonds is 7. The first-order chi connectivity index (χ1) is 16.7. The minimum absolute atomic E-state index is 0.000424. The lowest BCUT2D eigenvalue weighted by Gasteiger charge is -2.36. The van der Waals surface area contributed by atoms with Crippen LogP contribution in [0, 0.1) is 0 Å². The van der Waals surface area contributed by atoms with Gasteiger partial charge in [0.05, 0.1) is 12.0 Å². The molecule has 36 heavy (non-hydrogen) atoms. The van der Waals surface area contributed by atoms with E-state index in [1.165, 1.54) is 44.9 Å². The maximum absolute atomic E-state index is 13.2. The second-order valence-electron chi connectivity index (χ2n) is 9.64. The number of ether oxygens (including phenoxy) is 3. The van der Waals surface area contributed by atoms with Crippen molar-refractivity contribution in [1.29, 1.82) is 0 Å². The van der Waals surface area contributed by atoms with Crippen molar-refractivity contribution in [2.75, 3.05) is 7.11 Å². The molecule has 0 bridgehead atoms. The first-order valence-corrected chi connectivity index (χ1v) is 15.0. The van der Waals surface area contributed by atoms with Gasteiger partial charge in [-0.05, 0) is 42.0 Å². The molecule has 0 saturated carbocycles. The quantitative estimate of drug-likeness (QED) is 0.201. The molecule has 0 aliphatic carbocycles. The monoisotopic (exact) mass is 530 g/mol. The number of benzene rings is 2. The Morgan fingerprint density at radius 1 is 0.944 bits per heavy atom. The Labute approximate surface area is 215 Å². The van der Waals surface area contributed by atoms with Gasteiger partial charge in [0.1, 0.15) is 16.7 Å². The third-order valence-corrected chi connectivity index (χ3v) is 11.1. The van der Waals surface area contributed by atoms with Crippen LogP contribution in [0.5, 0.6) is 23.0 Å². The SMILES string of the molecule is COc1c(OC(C)=O)cc2oc(Sc3ccccc3O[Si](C)(C)C(C)(C)C)cc(=O)c2c1OC(C)=O. The summed E-state index contributed by atoms with van der Waals surface area (Å²) in [7, 11) is -0.811. The molecule has 0 N–H and O–H groups in total. The topological polar surface area (TPSA) is 101 Å². The minimum atomic E-state index is -2.12. The highest BCUT2D eigenvalue weighted by atomic mass is 32.2. The highest BCUT2D eigenvalue weighted by Crippen LogP contribution is 2.45. The van der Waals surface area contributed by atoms with Gasteiger partial charge in [-0.25, -0.2) is 0 Å². The van der Waals surface area contributed by atoms with E-state index in [9.17, 15) is 14.4 Å². The Morgan fingerprint density at radius 3 is 2.17 bits per heavy atom. The number of carbonyl (C=O) groups excluding carboxylic acids is 2. The first-order valence-electron chi connectivity index (χ1n) is 11.2. The van der Waals surface area contributed by atoms with E-state index in [4.69, 9.17) is 23.1 Å². The second-order valence-corrected chi connectivity index (χ2v) is 15.4. The predicted molar refractivity (Wildman–Crippen MR) is 140 cm³/mol. The van der Waals surface area contributed by atoms with Crippen molar-refractivity contribution in [2.45, 2.75) is 62.7 Å². The standard InChI is InChI=1S/C26H30O8SSi/c1-15(27)31-20-14-19-23(25(24(20)30-6)32-16(2)28)17(29)13-22(33-19)35-21-12-10-9-11-18(21)34-36(7,8)26(3,4)5/h9-14H,1-8H3. The summed E-state index contributed by atoms with van der Waals surface area (Å²) in [4.78, 5) is 37.4. The molecular formula is C26H30O8SSi. The summed E-state index contributed by atoms with van der Waals surface area (Å²) in [5.41, 5.74) is -0.383. The van der Waals surface area contributed by atoms with Gasteiger partial charge < -0.3 is 23.1 Å². The summed E-state index contributed by atoms with van der Waals surface area (Å²) in [5, 5.41) is 0.277. The molecule has 3 aromatic rings. The van der Waals surface area contributed by atoms with Gasteiger partial charge >= 0.3 is 11.9 Å². The molecule has 1 heterocycles. The lowest BCUT2D eigenvalue weighted by atomic mass is 10.2. The third kappa shape index (κ3) is 5.93. The summed E-state index contributed by atoms with van der Waals surface area (Å²) in [6, 6.07) is 10.2. The molecule has 1 aromatic heterocycles. The molecule has 0 spiro atoms. The van der Waals surface area contributed by atoms with Crippen molar-refractivity contribution in [3.63, 3.8) is 0 Å². The second kappa shape index (κ2) is 10.4. The van der Waals surface area contributed by atoms with Crippen LogP contribution in [0.15, 0.2) is 55.6 Å². The van der Waals surface area contributed by atoms with E-state index in [0.29, 0.717) is 5.75 Å². The molecule has 10 heteroatoms. The molecule has 3 rings (SSSR count). The molecule has 0 aliphatic heterocycles. The van der Waals surface area contributed by atoms with E-state index in [0.717, 1.165) is 4.90 Å². The number of fused-ring (bicyclic) bond motifs is 1. The molecule has 0 atom stereocenters. The smallest absolute Gasteiger partial charge is 0.308 e. The molecule has 2 aromatic carbocycles. The van der Waals surface area contributed by atoms with Crippen LogP contribution in [-0.4, -0.2) is 27.4 Å². The fraction of sp³-hybridized carbons (Fsp3) is 0.346. The third-order valence-electron chi connectivity index (χ3n) is 5.81. The highest BCUT2D eigenvalue weighted by Gasteiger charge is 2.39. The Hall–Kier alpha value is -3.24. The van der Waals surface area contributed by atoms with E-state index in [2.05, 4.69) is 33.9 Å². The van der Waals surface area contributed by atoms with Gasteiger partial charge in [-0.1, -0.05) is 32.9 Å². The molecular weight excluding hydrogens is 500 g/mol. The van der Waals surface area contributed by atoms with Gasteiger partial charge in [0.25, 0.3) is 8.32 Å². The number of hydrogen-bond acceptors (Lipinski definition) is 9. The lowest BCUT2D eigenvalue weighted by molar-refractivity contribution is -0.132. The molecule has 0 fully saturated rings. The van der Waals surface area contributed by atoms with Crippen LogP contribution in [0.4, 0.5) is 0 Å². The van der Waals surface area contributed by atoms with Gasteiger partial charge in [-0.3, -0.25) is 14.4 Å². The van der Waals surface area contributed by atoms with Crippen LogP contribution in [-0.2, 0) is 9.59 Å². The molecule has 0 unspecified atom stereocenters. The zero-order valence-electron chi connectivity index (χ0n) is 21.6. The van der Waals surface area contributed by atoms with E-state index < -0.39 is 25.7 Å². The maximum Gasteiger partial charge on any atom is 0.308 e. The first kappa shape index (κ1) is 27.3. The summed E-state index contributed by atoms with van der Waals surface area (Å²) >= 11 is 1.23. The van der Waals surface area contributed by atoms with E-state index in [-0.39, 0.29) is 38.3 Å². The van der Waals surface area contributed by atoms with Gasteiger partial charge in [-0.15, -0.1) is 0 Å². The fourth-order valence-corrected chi connectivity index (χ4v) is 5.07. The molecule has 8 nitrogen and oxygen atoms in total. The fourth-order valence-electron chi connectivity index (χ4n) is 3.10. The van der Waals surface area contributed by atoms with E-state index in [1.807, 2.05) is 24.3 Å². The summed E-state index contributed by atoms with van der Waals surface area (Å²) in [6.07, 6.45) is 0. The van der Waals surface area contributed by atoms with Crippen molar-refractivity contribution >= 4 is 43.0 Å². The van der Waals surface area contributed by atoms with Crippen molar-refractivity contribution in [1.82, 2.24) is 0 Å². The Balaban J connectivity index is 2.14. The number of methoxy groups -OCH3 is 1. The molecule has 0 saturated heterocycles. The zero-order valence-corrected chi connectivity index (χ0v) is 23.5. The predicted octanol–water partition coefficient (Wildman–Crippen LogP) is 6.19. The number of hydrogen-bond donors (Lipinski definition) is 0. The van der Waals surface area contributed by atoms with Crippen molar-refractivity contribution in [3.8, 4) is 23.0 Å². The zero-order chi connectivity index (χ0) is 26.8. The van der Waals surface area contributed by atoms with Gasteiger partial charge in [-0.2, -0.15) is 0 Å². The van der Waals surface area contributed by atoms with Crippen molar-refractivity contribution < 1.29 is 32.6 Å². The van der Waals surface area contributed by atoms with Crippen LogP contribution in [0.3, 0.4) is 0 Å². The van der Waals surface area contributed by atoms with Crippen molar-refractivity contribution in [3.05, 3.63) is 46.6 Å². The summed E-state index contributed by atoms with van der Waals surface area (Å²) < 4.78 is 28.3. The average molecular weight is 531 g/mol. The Kier molecular flexibility index (Phi) is 7.90. The van der Waals surface area contributed by atoms with Gasteiger partial charge in [0.15, 0.2) is 22.0 Å². The minimum Gasteiger partial charge on any atom is -0.543 e.